The fraction of sp³-hybridized carbons (Fsp3) is 0.154. The molecule has 0 aliphatic heterocycles. The summed E-state index contributed by atoms with van der Waals surface area (Å²) in [6.45, 7) is 3.87. The van der Waals surface area contributed by atoms with Crippen LogP contribution < -0.4 is 10.2 Å². The van der Waals surface area contributed by atoms with E-state index in [-0.39, 0.29) is 29.3 Å². The van der Waals surface area contributed by atoms with Crippen molar-refractivity contribution in [1.29, 1.82) is 0 Å². The monoisotopic (exact) mass is 466 g/mol. The zero-order chi connectivity index (χ0) is 22.8. The molecule has 6 heteroatoms. The van der Waals surface area contributed by atoms with Crippen molar-refractivity contribution in [3.8, 4) is 17.1 Å². The fourth-order valence-corrected chi connectivity index (χ4v) is 3.65. The Bertz CT molecular complexity index is 1340. The molecule has 0 N–H and O–H groups in total. The van der Waals surface area contributed by atoms with Crippen molar-refractivity contribution in [2.45, 2.75) is 19.8 Å². The van der Waals surface area contributed by atoms with Crippen LogP contribution in [0.1, 0.15) is 35.7 Å². The highest BCUT2D eigenvalue weighted by atomic mass is 35.5. The zero-order valence-corrected chi connectivity index (χ0v) is 19.0. The molecular weight excluding hydrogens is 447 g/mol. The predicted molar refractivity (Wildman–Crippen MR) is 128 cm³/mol. The molecule has 4 aromatic rings. The molecule has 3 aromatic carbocycles. The molecule has 0 spiro atoms. The van der Waals surface area contributed by atoms with Gasteiger partial charge in [0.15, 0.2) is 18.2 Å². The number of hydrogen-bond donors (Lipinski definition) is 0. The van der Waals surface area contributed by atoms with Crippen LogP contribution in [0.3, 0.4) is 0 Å². The van der Waals surface area contributed by atoms with Gasteiger partial charge in [-0.05, 0) is 53.9 Å². The Labute approximate surface area is 195 Å². The SMILES string of the molecule is CC(C)c1ccc(C(=O)COc2c(-c3ccc(Cl)cc3)oc3ccc(Cl)cc3c2=O)cc1. The Morgan fingerprint density at radius 2 is 1.59 bits per heavy atom. The van der Waals surface area contributed by atoms with Crippen LogP contribution in [0.4, 0.5) is 0 Å². The van der Waals surface area contributed by atoms with E-state index in [2.05, 4.69) is 13.8 Å². The predicted octanol–water partition coefficient (Wildman–Crippen LogP) is 7.15. The second kappa shape index (κ2) is 9.19. The third-order valence-electron chi connectivity index (χ3n) is 5.16. The lowest BCUT2D eigenvalue weighted by atomic mass is 10.0. The molecule has 1 aromatic heterocycles. The van der Waals surface area contributed by atoms with E-state index in [1.807, 2.05) is 12.1 Å². The lowest BCUT2D eigenvalue weighted by Gasteiger charge is -2.12. The van der Waals surface area contributed by atoms with E-state index in [4.69, 9.17) is 32.4 Å². The van der Waals surface area contributed by atoms with Crippen molar-refractivity contribution in [2.24, 2.45) is 0 Å². The summed E-state index contributed by atoms with van der Waals surface area (Å²) in [5.74, 6) is 0.304. The summed E-state index contributed by atoms with van der Waals surface area (Å²) in [5, 5.41) is 1.22. The van der Waals surface area contributed by atoms with Gasteiger partial charge in [0.1, 0.15) is 5.58 Å². The van der Waals surface area contributed by atoms with E-state index in [1.54, 1.807) is 48.5 Å². The molecule has 0 radical (unpaired) electrons. The molecule has 0 amide bonds. The van der Waals surface area contributed by atoms with Gasteiger partial charge in [0.2, 0.25) is 11.2 Å². The second-order valence-electron chi connectivity index (χ2n) is 7.73. The quantitative estimate of drug-likeness (QED) is 0.283. The van der Waals surface area contributed by atoms with E-state index in [0.717, 1.165) is 5.56 Å². The second-order valence-corrected chi connectivity index (χ2v) is 8.60. The normalized spacial score (nSPS) is 11.2. The smallest absolute Gasteiger partial charge is 0.235 e. The van der Waals surface area contributed by atoms with Crippen LogP contribution in [0.2, 0.25) is 10.0 Å². The topological polar surface area (TPSA) is 56.5 Å². The van der Waals surface area contributed by atoms with Crippen molar-refractivity contribution in [3.63, 3.8) is 0 Å². The van der Waals surface area contributed by atoms with Crippen LogP contribution in [-0.4, -0.2) is 12.4 Å². The van der Waals surface area contributed by atoms with Crippen LogP contribution in [0, 0.1) is 0 Å². The summed E-state index contributed by atoms with van der Waals surface area (Å²) in [6.07, 6.45) is 0. The molecule has 0 saturated heterocycles. The molecule has 0 aliphatic carbocycles. The van der Waals surface area contributed by atoms with Crippen molar-refractivity contribution in [2.75, 3.05) is 6.61 Å². The van der Waals surface area contributed by atoms with Crippen LogP contribution in [0.5, 0.6) is 5.75 Å². The number of halogens is 2. The average molecular weight is 467 g/mol. The molecule has 4 nitrogen and oxygen atoms in total. The van der Waals surface area contributed by atoms with Gasteiger partial charge in [-0.25, -0.2) is 0 Å². The van der Waals surface area contributed by atoms with Gasteiger partial charge in [0.05, 0.1) is 5.39 Å². The number of benzene rings is 3. The van der Waals surface area contributed by atoms with Gasteiger partial charge < -0.3 is 9.15 Å². The number of rotatable bonds is 6. The molecule has 0 atom stereocenters. The Morgan fingerprint density at radius 3 is 2.25 bits per heavy atom. The maximum Gasteiger partial charge on any atom is 0.235 e. The molecule has 0 saturated carbocycles. The van der Waals surface area contributed by atoms with Crippen LogP contribution >= 0.6 is 23.2 Å². The highest BCUT2D eigenvalue weighted by Crippen LogP contribution is 2.32. The lowest BCUT2D eigenvalue weighted by Crippen LogP contribution is -2.17. The number of ether oxygens (including phenoxy) is 1. The van der Waals surface area contributed by atoms with Crippen molar-refractivity contribution < 1.29 is 13.9 Å². The maximum absolute atomic E-state index is 13.2. The molecule has 162 valence electrons. The number of Topliss-reactive ketones (excluding diaryl/α,β-unsaturated/α-hetero) is 1. The number of fused-ring (bicyclic) bond motifs is 1. The van der Waals surface area contributed by atoms with Crippen molar-refractivity contribution >= 4 is 40.0 Å². The van der Waals surface area contributed by atoms with Gasteiger partial charge >= 0.3 is 0 Å². The first-order valence-corrected chi connectivity index (χ1v) is 10.9. The molecule has 32 heavy (non-hydrogen) atoms. The van der Waals surface area contributed by atoms with Crippen molar-refractivity contribution in [3.05, 3.63) is 98.1 Å². The van der Waals surface area contributed by atoms with E-state index < -0.39 is 5.43 Å². The maximum atomic E-state index is 13.2. The van der Waals surface area contributed by atoms with E-state index in [9.17, 15) is 9.59 Å². The van der Waals surface area contributed by atoms with Gasteiger partial charge in [0, 0.05) is 21.2 Å². The summed E-state index contributed by atoms with van der Waals surface area (Å²) < 4.78 is 11.8. The fourth-order valence-electron chi connectivity index (χ4n) is 3.35. The minimum absolute atomic E-state index is 0.0470. The lowest BCUT2D eigenvalue weighted by molar-refractivity contribution is 0.0920. The standard InChI is InChI=1S/C26H20Cl2O4/c1-15(2)16-3-5-17(6-4-16)22(29)14-31-26-24(30)21-13-20(28)11-12-23(21)32-25(26)18-7-9-19(27)10-8-18/h3-13,15H,14H2,1-2H3. The summed E-state index contributed by atoms with van der Waals surface area (Å²) in [7, 11) is 0. The number of hydrogen-bond acceptors (Lipinski definition) is 4. The first-order chi connectivity index (χ1) is 15.3. The Hall–Kier alpha value is -3.08. The zero-order valence-electron chi connectivity index (χ0n) is 17.5. The summed E-state index contributed by atoms with van der Waals surface area (Å²) in [4.78, 5) is 26.0. The Kier molecular flexibility index (Phi) is 6.35. The van der Waals surface area contributed by atoms with E-state index in [1.165, 1.54) is 6.07 Å². The first-order valence-electron chi connectivity index (χ1n) is 10.1. The van der Waals surface area contributed by atoms with E-state index in [0.29, 0.717) is 32.7 Å². The summed E-state index contributed by atoms with van der Waals surface area (Å²) in [5.41, 5.74) is 2.22. The molecule has 1 heterocycles. The highest BCUT2D eigenvalue weighted by Gasteiger charge is 2.19. The largest absolute Gasteiger partial charge is 0.478 e. The van der Waals surface area contributed by atoms with Crippen LogP contribution in [-0.2, 0) is 0 Å². The number of ketones is 1. The third-order valence-corrected chi connectivity index (χ3v) is 5.65. The molecular formula is C26H20Cl2O4. The molecule has 4 rings (SSSR count). The first kappa shape index (κ1) is 22.1. The summed E-state index contributed by atoms with van der Waals surface area (Å²) in [6, 6.07) is 19.0. The molecule has 0 fully saturated rings. The molecule has 0 bridgehead atoms. The third kappa shape index (κ3) is 4.57. The minimum Gasteiger partial charge on any atom is -0.478 e. The van der Waals surface area contributed by atoms with Gasteiger partial charge in [-0.1, -0.05) is 61.3 Å². The van der Waals surface area contributed by atoms with Gasteiger partial charge in [0.25, 0.3) is 0 Å². The van der Waals surface area contributed by atoms with Crippen molar-refractivity contribution in [1.82, 2.24) is 0 Å². The average Bonchev–Trinajstić information content (AvgIpc) is 2.79. The van der Waals surface area contributed by atoms with Gasteiger partial charge in [-0.15, -0.1) is 0 Å². The summed E-state index contributed by atoms with van der Waals surface area (Å²) >= 11 is 12.1. The molecule has 0 aliphatic rings. The van der Waals surface area contributed by atoms with Crippen LogP contribution in [0.15, 0.2) is 75.9 Å². The number of carbonyl (C=O) groups is 1. The Balaban J connectivity index is 1.72. The van der Waals surface area contributed by atoms with Gasteiger partial charge in [-0.3, -0.25) is 9.59 Å². The highest BCUT2D eigenvalue weighted by molar-refractivity contribution is 6.31. The minimum atomic E-state index is -0.401. The number of carbonyl (C=O) groups excluding carboxylic acids is 1. The van der Waals surface area contributed by atoms with Crippen LogP contribution in [0.25, 0.3) is 22.3 Å². The Morgan fingerprint density at radius 1 is 0.938 bits per heavy atom. The van der Waals surface area contributed by atoms with Gasteiger partial charge in [-0.2, -0.15) is 0 Å². The van der Waals surface area contributed by atoms with E-state index >= 15 is 0 Å². The molecule has 0 unspecified atom stereocenters.